The molecular formula is C13H24N2O4. The first kappa shape index (κ1) is 15.9. The van der Waals surface area contributed by atoms with E-state index in [0.29, 0.717) is 6.04 Å². The molecule has 6 nitrogen and oxygen atoms in total. The molecule has 0 aromatic heterocycles. The average Bonchev–Trinajstić information content (AvgIpc) is 3.01. The molecule has 0 aliphatic carbocycles. The van der Waals surface area contributed by atoms with E-state index in [-0.39, 0.29) is 12.1 Å². The van der Waals surface area contributed by atoms with Gasteiger partial charge in [-0.2, -0.15) is 0 Å². The molecule has 0 unspecified atom stereocenters. The van der Waals surface area contributed by atoms with Gasteiger partial charge in [0, 0.05) is 6.04 Å². The van der Waals surface area contributed by atoms with Crippen molar-refractivity contribution in [2.75, 3.05) is 13.1 Å². The molecule has 2 heterocycles. The molecule has 110 valence electrons. The smallest absolute Gasteiger partial charge is 0.320 e. The Kier molecular flexibility index (Phi) is 6.24. The Bertz CT molecular complexity index is 314. The van der Waals surface area contributed by atoms with Crippen LogP contribution in [0.5, 0.6) is 0 Å². The summed E-state index contributed by atoms with van der Waals surface area (Å²) >= 11 is 0. The molecule has 0 aromatic carbocycles. The molecule has 0 bridgehead atoms. The minimum absolute atomic E-state index is 0.227. The molecule has 2 saturated heterocycles. The highest BCUT2D eigenvalue weighted by Crippen LogP contribution is 2.19. The first-order valence-electron chi connectivity index (χ1n) is 6.88. The van der Waals surface area contributed by atoms with Crippen LogP contribution in [0.3, 0.4) is 0 Å². The van der Waals surface area contributed by atoms with Crippen LogP contribution in [0.4, 0.5) is 0 Å². The maximum atomic E-state index is 10.7. The van der Waals surface area contributed by atoms with Crippen LogP contribution in [-0.4, -0.2) is 58.3 Å². The molecular weight excluding hydrogens is 248 g/mol. The molecule has 0 aromatic rings. The lowest BCUT2D eigenvalue weighted by atomic mass is 10.2. The summed E-state index contributed by atoms with van der Waals surface area (Å²) in [4.78, 5) is 22.9. The van der Waals surface area contributed by atoms with Gasteiger partial charge in [-0.1, -0.05) is 0 Å². The lowest BCUT2D eigenvalue weighted by molar-refractivity contribution is -0.142. The highest BCUT2D eigenvalue weighted by atomic mass is 16.4. The van der Waals surface area contributed by atoms with E-state index in [2.05, 4.69) is 5.32 Å². The van der Waals surface area contributed by atoms with Crippen molar-refractivity contribution in [1.82, 2.24) is 10.2 Å². The summed E-state index contributed by atoms with van der Waals surface area (Å²) < 4.78 is 0. The van der Waals surface area contributed by atoms with Crippen LogP contribution >= 0.6 is 0 Å². The number of rotatable bonds is 3. The predicted molar refractivity (Wildman–Crippen MR) is 71.2 cm³/mol. The number of carboxylic acid groups (broad SMARTS) is 2. The van der Waals surface area contributed by atoms with Crippen molar-refractivity contribution in [1.29, 1.82) is 0 Å². The summed E-state index contributed by atoms with van der Waals surface area (Å²) in [7, 11) is 0. The van der Waals surface area contributed by atoms with Crippen molar-refractivity contribution in [3.8, 4) is 0 Å². The van der Waals surface area contributed by atoms with E-state index >= 15 is 0 Å². The van der Waals surface area contributed by atoms with E-state index in [4.69, 9.17) is 10.2 Å². The number of carboxylic acids is 2. The number of carbonyl (C=O) groups is 2. The Labute approximate surface area is 113 Å². The van der Waals surface area contributed by atoms with Crippen molar-refractivity contribution in [3.05, 3.63) is 0 Å². The second kappa shape index (κ2) is 7.45. The Morgan fingerprint density at radius 1 is 1.16 bits per heavy atom. The standard InChI is InChI=1S/C8H15NO2.C5H9NO2/c1-6(2)9-5-3-4-7(9)8(10)11;7-5(8)4-2-1-3-6-4/h6-7H,3-5H2,1-2H3,(H,10,11);4,6H,1-3H2,(H,7,8)/t7-;4-/m11/s1. The zero-order valence-electron chi connectivity index (χ0n) is 11.6. The third-order valence-electron chi connectivity index (χ3n) is 3.60. The van der Waals surface area contributed by atoms with Crippen LogP contribution in [0.1, 0.15) is 39.5 Å². The van der Waals surface area contributed by atoms with Crippen LogP contribution in [0.15, 0.2) is 0 Å². The first-order chi connectivity index (χ1) is 8.93. The first-order valence-corrected chi connectivity index (χ1v) is 6.88. The molecule has 19 heavy (non-hydrogen) atoms. The van der Waals surface area contributed by atoms with Crippen molar-refractivity contribution in [2.45, 2.75) is 57.7 Å². The fourth-order valence-corrected chi connectivity index (χ4v) is 2.57. The van der Waals surface area contributed by atoms with E-state index in [1.54, 1.807) is 0 Å². The lowest BCUT2D eigenvalue weighted by Crippen LogP contribution is -2.40. The predicted octanol–water partition coefficient (Wildman–Crippen LogP) is 0.767. The SMILES string of the molecule is CC(C)N1CCC[C@@H]1C(=O)O.O=C(O)[C@H]1CCCN1. The highest BCUT2D eigenvalue weighted by molar-refractivity contribution is 5.74. The fourth-order valence-electron chi connectivity index (χ4n) is 2.57. The molecule has 6 heteroatoms. The number of nitrogens with one attached hydrogen (secondary N) is 1. The number of hydrogen-bond donors (Lipinski definition) is 3. The monoisotopic (exact) mass is 272 g/mol. The van der Waals surface area contributed by atoms with Crippen LogP contribution in [0.2, 0.25) is 0 Å². The minimum atomic E-state index is -0.720. The second-order valence-electron chi connectivity index (χ2n) is 5.32. The van der Waals surface area contributed by atoms with Crippen LogP contribution in [0.25, 0.3) is 0 Å². The largest absolute Gasteiger partial charge is 0.480 e. The molecule has 2 atom stereocenters. The highest BCUT2D eigenvalue weighted by Gasteiger charge is 2.31. The van der Waals surface area contributed by atoms with Gasteiger partial charge in [0.15, 0.2) is 0 Å². The summed E-state index contributed by atoms with van der Waals surface area (Å²) in [5.41, 5.74) is 0. The summed E-state index contributed by atoms with van der Waals surface area (Å²) in [5, 5.41) is 20.0. The van der Waals surface area contributed by atoms with Crippen molar-refractivity contribution < 1.29 is 19.8 Å². The van der Waals surface area contributed by atoms with Crippen LogP contribution < -0.4 is 5.32 Å². The molecule has 2 fully saturated rings. The third kappa shape index (κ3) is 4.80. The van der Waals surface area contributed by atoms with Gasteiger partial charge < -0.3 is 15.5 Å². The van der Waals surface area contributed by atoms with Gasteiger partial charge in [-0.05, 0) is 52.6 Å². The number of hydrogen-bond acceptors (Lipinski definition) is 4. The Morgan fingerprint density at radius 3 is 2.16 bits per heavy atom. The van der Waals surface area contributed by atoms with Gasteiger partial charge in [-0.3, -0.25) is 14.5 Å². The van der Waals surface area contributed by atoms with Gasteiger partial charge in [-0.15, -0.1) is 0 Å². The quantitative estimate of drug-likeness (QED) is 0.703. The second-order valence-corrected chi connectivity index (χ2v) is 5.32. The Balaban J connectivity index is 0.000000200. The number of likely N-dealkylation sites (tertiary alicyclic amines) is 1. The lowest BCUT2D eigenvalue weighted by Gasteiger charge is -2.24. The topological polar surface area (TPSA) is 89.9 Å². The van der Waals surface area contributed by atoms with E-state index < -0.39 is 11.9 Å². The maximum Gasteiger partial charge on any atom is 0.320 e. The van der Waals surface area contributed by atoms with E-state index in [0.717, 1.165) is 38.8 Å². The summed E-state index contributed by atoms with van der Waals surface area (Å²) in [6.07, 6.45) is 3.62. The van der Waals surface area contributed by atoms with Crippen molar-refractivity contribution >= 4 is 11.9 Å². The van der Waals surface area contributed by atoms with Gasteiger partial charge in [0.05, 0.1) is 0 Å². The van der Waals surface area contributed by atoms with Crippen LogP contribution in [0, 0.1) is 0 Å². The molecule has 0 spiro atoms. The van der Waals surface area contributed by atoms with E-state index in [9.17, 15) is 9.59 Å². The van der Waals surface area contributed by atoms with Gasteiger partial charge in [0.25, 0.3) is 0 Å². The molecule has 0 saturated carbocycles. The zero-order valence-corrected chi connectivity index (χ0v) is 11.6. The Hall–Kier alpha value is -1.14. The maximum absolute atomic E-state index is 10.7. The van der Waals surface area contributed by atoms with Crippen molar-refractivity contribution in [3.63, 3.8) is 0 Å². The molecule has 3 N–H and O–H groups in total. The molecule has 0 amide bonds. The molecule has 2 aliphatic heterocycles. The van der Waals surface area contributed by atoms with Gasteiger partial charge in [0.1, 0.15) is 12.1 Å². The number of nitrogens with zero attached hydrogens (tertiary/aromatic N) is 1. The van der Waals surface area contributed by atoms with Gasteiger partial charge >= 0.3 is 11.9 Å². The van der Waals surface area contributed by atoms with E-state index in [1.165, 1.54) is 0 Å². The average molecular weight is 272 g/mol. The minimum Gasteiger partial charge on any atom is -0.480 e. The summed E-state index contributed by atoms with van der Waals surface area (Å²) in [6.45, 7) is 5.88. The third-order valence-corrected chi connectivity index (χ3v) is 3.60. The zero-order chi connectivity index (χ0) is 14.4. The van der Waals surface area contributed by atoms with E-state index in [1.807, 2.05) is 18.7 Å². The normalized spacial score (nSPS) is 27.1. The fraction of sp³-hybridized carbons (Fsp3) is 0.846. The van der Waals surface area contributed by atoms with Crippen LogP contribution in [-0.2, 0) is 9.59 Å². The van der Waals surface area contributed by atoms with Gasteiger partial charge in [-0.25, -0.2) is 0 Å². The summed E-state index contributed by atoms with van der Waals surface area (Å²) in [6, 6.07) is -0.136. The number of aliphatic carboxylic acids is 2. The molecule has 2 rings (SSSR count). The molecule has 0 radical (unpaired) electrons. The summed E-state index contributed by atoms with van der Waals surface area (Å²) in [5.74, 6) is -1.39. The Morgan fingerprint density at radius 2 is 1.84 bits per heavy atom. The van der Waals surface area contributed by atoms with Crippen molar-refractivity contribution in [2.24, 2.45) is 0 Å². The molecule has 2 aliphatic rings. The van der Waals surface area contributed by atoms with Gasteiger partial charge in [0.2, 0.25) is 0 Å².